The van der Waals surface area contributed by atoms with Crippen LogP contribution in [-0.2, 0) is 4.74 Å². The van der Waals surface area contributed by atoms with E-state index in [1.807, 2.05) is 18.2 Å². The molecule has 2 unspecified atom stereocenters. The molecule has 2 atom stereocenters. The van der Waals surface area contributed by atoms with Crippen molar-refractivity contribution in [2.45, 2.75) is 38.8 Å². The first kappa shape index (κ1) is 14.1. The predicted molar refractivity (Wildman–Crippen MR) is 78.3 cm³/mol. The van der Waals surface area contributed by atoms with Gasteiger partial charge in [0.25, 0.3) is 0 Å². The van der Waals surface area contributed by atoms with E-state index in [1.54, 1.807) is 7.11 Å². The molecule has 0 fully saturated rings. The van der Waals surface area contributed by atoms with Gasteiger partial charge in [-0.2, -0.15) is 0 Å². The number of benzene rings is 1. The van der Waals surface area contributed by atoms with E-state index in [2.05, 4.69) is 31.3 Å². The Morgan fingerprint density at radius 3 is 2.74 bits per heavy atom. The number of hydrogen-bond donors (Lipinski definition) is 1. The first-order valence-electron chi connectivity index (χ1n) is 6.99. The Morgan fingerprint density at radius 2 is 2.05 bits per heavy atom. The normalized spacial score (nSPS) is 14.7. The highest BCUT2D eigenvalue weighted by Gasteiger charge is 2.16. The molecule has 1 N–H and O–H groups in total. The molecule has 19 heavy (non-hydrogen) atoms. The summed E-state index contributed by atoms with van der Waals surface area (Å²) in [5.74, 6) is 1.02. The van der Waals surface area contributed by atoms with E-state index < -0.39 is 0 Å². The monoisotopic (exact) mass is 261 g/mol. The summed E-state index contributed by atoms with van der Waals surface area (Å²) >= 11 is 0. The second-order valence-electron chi connectivity index (χ2n) is 4.92. The summed E-state index contributed by atoms with van der Waals surface area (Å²) in [6.07, 6.45) is 2.32. The van der Waals surface area contributed by atoms with Crippen LogP contribution in [0, 0.1) is 0 Å². The Kier molecular flexibility index (Phi) is 5.00. The van der Waals surface area contributed by atoms with Crippen LogP contribution in [0.5, 0.6) is 0 Å². The van der Waals surface area contributed by atoms with E-state index in [-0.39, 0.29) is 12.1 Å². The standard InChI is InChI=1S/C16H23NO2/c1-4-17-14(10-9-12(2)18-3)16-11-13-7-5-6-8-15(13)19-16/h5-8,11-12,14,17H,4,9-10H2,1-3H3. The third kappa shape index (κ3) is 3.58. The van der Waals surface area contributed by atoms with Crippen LogP contribution in [0.15, 0.2) is 34.7 Å². The number of para-hydroxylation sites is 1. The molecule has 3 heteroatoms. The summed E-state index contributed by atoms with van der Waals surface area (Å²) in [5, 5.41) is 4.66. The first-order valence-corrected chi connectivity index (χ1v) is 6.99. The SMILES string of the molecule is CCNC(CCC(C)OC)c1cc2ccccc2o1. The van der Waals surface area contributed by atoms with Crippen molar-refractivity contribution in [1.82, 2.24) is 5.32 Å². The maximum Gasteiger partial charge on any atom is 0.134 e. The van der Waals surface area contributed by atoms with E-state index in [4.69, 9.17) is 9.15 Å². The van der Waals surface area contributed by atoms with Gasteiger partial charge in [0, 0.05) is 12.5 Å². The van der Waals surface area contributed by atoms with Crippen LogP contribution in [-0.4, -0.2) is 19.8 Å². The van der Waals surface area contributed by atoms with Gasteiger partial charge in [0.2, 0.25) is 0 Å². The van der Waals surface area contributed by atoms with E-state index >= 15 is 0 Å². The zero-order valence-electron chi connectivity index (χ0n) is 12.0. The minimum atomic E-state index is 0.259. The van der Waals surface area contributed by atoms with Gasteiger partial charge in [-0.1, -0.05) is 25.1 Å². The molecular weight excluding hydrogens is 238 g/mol. The third-order valence-corrected chi connectivity index (χ3v) is 3.50. The fourth-order valence-electron chi connectivity index (χ4n) is 2.28. The van der Waals surface area contributed by atoms with E-state index in [0.29, 0.717) is 0 Å². The molecule has 0 saturated carbocycles. The van der Waals surface area contributed by atoms with Gasteiger partial charge in [0.05, 0.1) is 12.1 Å². The molecule has 1 heterocycles. The maximum absolute atomic E-state index is 5.95. The lowest BCUT2D eigenvalue weighted by Crippen LogP contribution is -2.22. The Morgan fingerprint density at radius 1 is 1.26 bits per heavy atom. The van der Waals surface area contributed by atoms with Crippen molar-refractivity contribution in [3.8, 4) is 0 Å². The molecule has 3 nitrogen and oxygen atoms in total. The Bertz CT molecular complexity index is 473. The number of methoxy groups -OCH3 is 1. The van der Waals surface area contributed by atoms with Crippen molar-refractivity contribution in [2.75, 3.05) is 13.7 Å². The van der Waals surface area contributed by atoms with Crippen molar-refractivity contribution < 1.29 is 9.15 Å². The lowest BCUT2D eigenvalue weighted by molar-refractivity contribution is 0.105. The summed E-state index contributed by atoms with van der Waals surface area (Å²) in [5.41, 5.74) is 0.959. The first-order chi connectivity index (χ1) is 9.24. The molecule has 2 rings (SSSR count). The van der Waals surface area contributed by atoms with Gasteiger partial charge in [0.1, 0.15) is 11.3 Å². The maximum atomic E-state index is 5.95. The molecule has 0 amide bonds. The van der Waals surface area contributed by atoms with Crippen LogP contribution in [0.4, 0.5) is 0 Å². The van der Waals surface area contributed by atoms with Crippen molar-refractivity contribution in [1.29, 1.82) is 0 Å². The Balaban J connectivity index is 2.13. The van der Waals surface area contributed by atoms with Crippen LogP contribution in [0.25, 0.3) is 11.0 Å². The number of rotatable bonds is 7. The molecule has 0 radical (unpaired) electrons. The highest BCUT2D eigenvalue weighted by atomic mass is 16.5. The second kappa shape index (κ2) is 6.73. The fraction of sp³-hybridized carbons (Fsp3) is 0.500. The van der Waals surface area contributed by atoms with Crippen LogP contribution >= 0.6 is 0 Å². The minimum absolute atomic E-state index is 0.259. The van der Waals surface area contributed by atoms with Crippen molar-refractivity contribution in [3.05, 3.63) is 36.1 Å². The average molecular weight is 261 g/mol. The smallest absolute Gasteiger partial charge is 0.134 e. The average Bonchev–Trinajstić information content (AvgIpc) is 2.86. The lowest BCUT2D eigenvalue weighted by atomic mass is 10.1. The fourth-order valence-corrected chi connectivity index (χ4v) is 2.28. The van der Waals surface area contributed by atoms with Crippen molar-refractivity contribution >= 4 is 11.0 Å². The molecule has 0 spiro atoms. The number of fused-ring (bicyclic) bond motifs is 1. The van der Waals surface area contributed by atoms with Gasteiger partial charge in [-0.15, -0.1) is 0 Å². The highest BCUT2D eigenvalue weighted by molar-refractivity contribution is 5.77. The third-order valence-electron chi connectivity index (χ3n) is 3.50. The Hall–Kier alpha value is -1.32. The molecule has 0 bridgehead atoms. The number of furan rings is 1. The Labute approximate surface area is 114 Å². The van der Waals surface area contributed by atoms with Crippen LogP contribution in [0.1, 0.15) is 38.5 Å². The van der Waals surface area contributed by atoms with E-state index in [9.17, 15) is 0 Å². The molecular formula is C16H23NO2. The quantitative estimate of drug-likeness (QED) is 0.821. The predicted octanol–water partition coefficient (Wildman–Crippen LogP) is 3.90. The largest absolute Gasteiger partial charge is 0.459 e. The summed E-state index contributed by atoms with van der Waals surface area (Å²) in [6, 6.07) is 10.5. The van der Waals surface area contributed by atoms with Crippen molar-refractivity contribution in [2.24, 2.45) is 0 Å². The van der Waals surface area contributed by atoms with Gasteiger partial charge in [-0.3, -0.25) is 0 Å². The molecule has 1 aromatic carbocycles. The molecule has 104 valence electrons. The number of hydrogen-bond acceptors (Lipinski definition) is 3. The topological polar surface area (TPSA) is 34.4 Å². The van der Waals surface area contributed by atoms with Gasteiger partial charge in [0.15, 0.2) is 0 Å². The molecule has 0 aliphatic heterocycles. The van der Waals surface area contributed by atoms with Crippen LogP contribution < -0.4 is 5.32 Å². The highest BCUT2D eigenvalue weighted by Crippen LogP contribution is 2.27. The van der Waals surface area contributed by atoms with Gasteiger partial charge in [-0.05, 0) is 38.4 Å². The summed E-state index contributed by atoms with van der Waals surface area (Å²) in [7, 11) is 1.76. The van der Waals surface area contributed by atoms with E-state index in [1.165, 1.54) is 5.39 Å². The van der Waals surface area contributed by atoms with Crippen LogP contribution in [0.2, 0.25) is 0 Å². The summed E-state index contributed by atoms with van der Waals surface area (Å²) in [6.45, 7) is 5.15. The van der Waals surface area contributed by atoms with Gasteiger partial charge in [-0.25, -0.2) is 0 Å². The van der Waals surface area contributed by atoms with Crippen molar-refractivity contribution in [3.63, 3.8) is 0 Å². The summed E-state index contributed by atoms with van der Waals surface area (Å²) < 4.78 is 11.3. The molecule has 0 aliphatic carbocycles. The molecule has 0 aliphatic rings. The second-order valence-corrected chi connectivity index (χ2v) is 4.92. The zero-order chi connectivity index (χ0) is 13.7. The van der Waals surface area contributed by atoms with E-state index in [0.717, 1.165) is 30.7 Å². The number of nitrogens with one attached hydrogen (secondary N) is 1. The van der Waals surface area contributed by atoms with Gasteiger partial charge >= 0.3 is 0 Å². The van der Waals surface area contributed by atoms with Crippen LogP contribution in [0.3, 0.4) is 0 Å². The zero-order valence-corrected chi connectivity index (χ0v) is 12.0. The molecule has 2 aromatic rings. The minimum Gasteiger partial charge on any atom is -0.459 e. The molecule has 0 saturated heterocycles. The van der Waals surface area contributed by atoms with Gasteiger partial charge < -0.3 is 14.5 Å². The molecule has 1 aromatic heterocycles. The summed E-state index contributed by atoms with van der Waals surface area (Å²) in [4.78, 5) is 0. The number of ether oxygens (including phenoxy) is 1. The lowest BCUT2D eigenvalue weighted by Gasteiger charge is -2.17.